The van der Waals surface area contributed by atoms with Crippen molar-refractivity contribution in [3.63, 3.8) is 0 Å². The second-order valence-corrected chi connectivity index (χ2v) is 9.89. The Balaban J connectivity index is 1.59. The van der Waals surface area contributed by atoms with Crippen LogP contribution in [0.25, 0.3) is 0 Å². The van der Waals surface area contributed by atoms with Gasteiger partial charge in [0.1, 0.15) is 18.0 Å². The van der Waals surface area contributed by atoms with Crippen LogP contribution in [0.5, 0.6) is 0 Å². The fourth-order valence-corrected chi connectivity index (χ4v) is 5.85. The predicted octanol–water partition coefficient (Wildman–Crippen LogP) is 4.96. The number of carbonyl (C=O) groups excluding carboxylic acids is 3. The number of epoxide rings is 1. The van der Waals surface area contributed by atoms with Crippen molar-refractivity contribution < 1.29 is 23.9 Å². The minimum Gasteiger partial charge on any atom is -0.459 e. The summed E-state index contributed by atoms with van der Waals surface area (Å²) >= 11 is 0. The molecule has 0 amide bonds. The smallest absolute Gasteiger partial charge is 0.306 e. The van der Waals surface area contributed by atoms with Crippen LogP contribution in [-0.4, -0.2) is 35.8 Å². The standard InChI is InChI=1S/C25H38O5/c1-5-6-7-8-9-10-11-12-21(27)29-20-14-13-18(3)24(4)15-19(17(2)16-26)22(28)23-25(20,24)30-23/h16,18-20,23H,2,5-15H2,1,3-4H3/t18-,19-,20+,23?,24+,25?/m0/s1. The van der Waals surface area contributed by atoms with Gasteiger partial charge in [0.15, 0.2) is 11.9 Å². The Morgan fingerprint density at radius 3 is 2.53 bits per heavy atom. The molecule has 0 aromatic carbocycles. The maximum atomic E-state index is 12.9. The molecule has 1 aliphatic heterocycles. The molecule has 2 aliphatic carbocycles. The first-order chi connectivity index (χ1) is 14.3. The van der Waals surface area contributed by atoms with Crippen LogP contribution < -0.4 is 0 Å². The van der Waals surface area contributed by atoms with Crippen LogP contribution in [0.15, 0.2) is 12.2 Å². The number of esters is 1. The van der Waals surface area contributed by atoms with Crippen molar-refractivity contribution in [1.82, 2.24) is 0 Å². The van der Waals surface area contributed by atoms with E-state index in [-0.39, 0.29) is 23.3 Å². The van der Waals surface area contributed by atoms with E-state index in [0.717, 1.165) is 32.1 Å². The highest BCUT2D eigenvalue weighted by molar-refractivity contribution is 5.97. The van der Waals surface area contributed by atoms with Gasteiger partial charge >= 0.3 is 5.97 Å². The number of unbranched alkanes of at least 4 members (excludes halogenated alkanes) is 6. The van der Waals surface area contributed by atoms with Gasteiger partial charge in [0.05, 0.1) is 0 Å². The van der Waals surface area contributed by atoms with Crippen molar-refractivity contribution in [3.8, 4) is 0 Å². The maximum absolute atomic E-state index is 12.9. The lowest BCUT2D eigenvalue weighted by atomic mass is 9.52. The largest absolute Gasteiger partial charge is 0.459 e. The van der Waals surface area contributed by atoms with Crippen LogP contribution in [-0.2, 0) is 23.9 Å². The van der Waals surface area contributed by atoms with E-state index >= 15 is 0 Å². The molecule has 0 aromatic heterocycles. The van der Waals surface area contributed by atoms with E-state index in [4.69, 9.17) is 9.47 Å². The molecule has 1 heterocycles. The Labute approximate surface area is 181 Å². The summed E-state index contributed by atoms with van der Waals surface area (Å²) < 4.78 is 12.0. The molecular weight excluding hydrogens is 380 g/mol. The molecular formula is C25H38O5. The number of carbonyl (C=O) groups is 3. The van der Waals surface area contributed by atoms with E-state index in [1.165, 1.54) is 25.7 Å². The zero-order valence-electron chi connectivity index (χ0n) is 18.9. The first kappa shape index (κ1) is 23.2. The average Bonchev–Trinajstić information content (AvgIpc) is 3.49. The lowest BCUT2D eigenvalue weighted by Gasteiger charge is -2.51. The second-order valence-electron chi connectivity index (χ2n) is 9.89. The number of hydrogen-bond acceptors (Lipinski definition) is 5. The minimum atomic E-state index is -0.725. The minimum absolute atomic E-state index is 0.0770. The summed E-state index contributed by atoms with van der Waals surface area (Å²) in [4.78, 5) is 36.7. The number of ether oxygens (including phenoxy) is 2. The first-order valence-corrected chi connectivity index (χ1v) is 11.9. The molecule has 3 fully saturated rings. The highest BCUT2D eigenvalue weighted by Gasteiger charge is 2.80. The second kappa shape index (κ2) is 9.33. The predicted molar refractivity (Wildman–Crippen MR) is 115 cm³/mol. The molecule has 0 N–H and O–H groups in total. The highest BCUT2D eigenvalue weighted by atomic mass is 16.7. The molecule has 0 bridgehead atoms. The van der Waals surface area contributed by atoms with Gasteiger partial charge in [0.25, 0.3) is 0 Å². The third kappa shape index (κ3) is 4.02. The van der Waals surface area contributed by atoms with Gasteiger partial charge in [-0.05, 0) is 37.2 Å². The molecule has 1 spiro atoms. The van der Waals surface area contributed by atoms with Crippen molar-refractivity contribution in [3.05, 3.63) is 12.2 Å². The quantitative estimate of drug-likeness (QED) is 0.156. The van der Waals surface area contributed by atoms with E-state index in [9.17, 15) is 14.4 Å². The average molecular weight is 419 g/mol. The highest BCUT2D eigenvalue weighted by Crippen LogP contribution is 2.67. The number of allylic oxidation sites excluding steroid dienone is 1. The van der Waals surface area contributed by atoms with E-state index in [1.807, 2.05) is 0 Å². The zero-order chi connectivity index (χ0) is 21.9. The van der Waals surface area contributed by atoms with Gasteiger partial charge in [0.2, 0.25) is 0 Å². The Morgan fingerprint density at radius 1 is 1.20 bits per heavy atom. The monoisotopic (exact) mass is 418 g/mol. The lowest BCUT2D eigenvalue weighted by Crippen LogP contribution is -2.60. The van der Waals surface area contributed by atoms with Crippen molar-refractivity contribution in [2.75, 3.05) is 0 Å². The first-order valence-electron chi connectivity index (χ1n) is 11.9. The van der Waals surface area contributed by atoms with E-state index in [0.29, 0.717) is 30.6 Å². The lowest BCUT2D eigenvalue weighted by molar-refractivity contribution is -0.167. The van der Waals surface area contributed by atoms with Crippen molar-refractivity contribution >= 4 is 18.0 Å². The molecule has 1 saturated heterocycles. The van der Waals surface area contributed by atoms with Crippen LogP contribution in [0.1, 0.15) is 91.4 Å². The molecule has 2 unspecified atom stereocenters. The molecule has 30 heavy (non-hydrogen) atoms. The van der Waals surface area contributed by atoms with Gasteiger partial charge in [-0.15, -0.1) is 0 Å². The van der Waals surface area contributed by atoms with Gasteiger partial charge in [-0.1, -0.05) is 65.9 Å². The topological polar surface area (TPSA) is 73.0 Å². The van der Waals surface area contributed by atoms with E-state index in [1.54, 1.807) is 0 Å². The van der Waals surface area contributed by atoms with Crippen molar-refractivity contribution in [2.45, 2.75) is 109 Å². The summed E-state index contributed by atoms with van der Waals surface area (Å²) in [5, 5.41) is 0. The van der Waals surface area contributed by atoms with E-state index in [2.05, 4.69) is 27.4 Å². The fraction of sp³-hybridized carbons (Fsp3) is 0.800. The van der Waals surface area contributed by atoms with Crippen LogP contribution in [0.2, 0.25) is 0 Å². The Hall–Kier alpha value is -1.49. The molecule has 3 aliphatic rings. The summed E-state index contributed by atoms with van der Waals surface area (Å²) in [5.74, 6) is -0.430. The molecule has 6 atom stereocenters. The van der Waals surface area contributed by atoms with Gasteiger partial charge in [-0.3, -0.25) is 14.4 Å². The normalized spacial score (nSPS) is 37.1. The summed E-state index contributed by atoms with van der Waals surface area (Å²) in [7, 11) is 0. The molecule has 2 saturated carbocycles. The summed E-state index contributed by atoms with van der Waals surface area (Å²) in [5.41, 5.74) is -0.711. The third-order valence-electron chi connectivity index (χ3n) is 8.05. The van der Waals surface area contributed by atoms with Crippen LogP contribution in [0.3, 0.4) is 0 Å². The molecule has 168 valence electrons. The Morgan fingerprint density at radius 2 is 1.87 bits per heavy atom. The summed E-state index contributed by atoms with van der Waals surface area (Å²) in [6.07, 6.45) is 10.4. The van der Waals surface area contributed by atoms with Gasteiger partial charge in [0, 0.05) is 17.8 Å². The molecule has 5 nitrogen and oxygen atoms in total. The number of rotatable bonds is 11. The van der Waals surface area contributed by atoms with E-state index < -0.39 is 17.6 Å². The van der Waals surface area contributed by atoms with Crippen molar-refractivity contribution in [2.24, 2.45) is 17.3 Å². The Kier molecular flexibility index (Phi) is 7.21. The number of ketones is 1. The van der Waals surface area contributed by atoms with Crippen molar-refractivity contribution in [1.29, 1.82) is 0 Å². The van der Waals surface area contributed by atoms with Crippen LogP contribution >= 0.6 is 0 Å². The number of hydrogen-bond donors (Lipinski definition) is 0. The molecule has 3 rings (SSSR count). The van der Waals surface area contributed by atoms with Crippen LogP contribution in [0.4, 0.5) is 0 Å². The van der Waals surface area contributed by atoms with Gasteiger partial charge < -0.3 is 9.47 Å². The van der Waals surface area contributed by atoms with Gasteiger partial charge in [-0.25, -0.2) is 0 Å². The van der Waals surface area contributed by atoms with Gasteiger partial charge in [-0.2, -0.15) is 0 Å². The Bertz CT molecular complexity index is 685. The maximum Gasteiger partial charge on any atom is 0.306 e. The number of Topliss-reactive ketones (excluding diaryl/α,β-unsaturated/α-hetero) is 1. The summed E-state index contributed by atoms with van der Waals surface area (Å²) in [6, 6.07) is 0. The molecule has 5 heteroatoms. The zero-order valence-corrected chi connectivity index (χ0v) is 18.9. The van der Waals surface area contributed by atoms with Crippen LogP contribution in [0, 0.1) is 17.3 Å². The number of aldehydes is 1. The molecule has 0 aromatic rings. The fourth-order valence-electron chi connectivity index (χ4n) is 5.85. The molecule has 0 radical (unpaired) electrons. The third-order valence-corrected chi connectivity index (χ3v) is 8.05. The summed E-state index contributed by atoms with van der Waals surface area (Å²) in [6.45, 7) is 10.3. The SMILES string of the molecule is C=C(C=O)[C@@H]1C[C@]2(C)[C@@H](C)CC[C@@H](OC(=O)CCCCCCCCC)C23OC3C1=O.